The molecule has 0 heterocycles. The third-order valence-corrected chi connectivity index (χ3v) is 3.82. The van der Waals surface area contributed by atoms with Gasteiger partial charge in [0.2, 0.25) is 0 Å². The van der Waals surface area contributed by atoms with E-state index in [-0.39, 0.29) is 5.97 Å². The Labute approximate surface area is 106 Å². The molecule has 0 saturated heterocycles. The predicted octanol–water partition coefficient (Wildman–Crippen LogP) is 3.14. The van der Waals surface area contributed by atoms with Crippen LogP contribution in [0.5, 0.6) is 0 Å². The predicted molar refractivity (Wildman–Crippen MR) is 71.9 cm³/mol. The second-order valence-corrected chi connectivity index (χ2v) is 5.90. The zero-order valence-corrected chi connectivity index (χ0v) is 11.8. The minimum Gasteiger partial charge on any atom is -0.463 e. The van der Waals surface area contributed by atoms with E-state index in [4.69, 9.17) is 9.47 Å². The summed E-state index contributed by atoms with van der Waals surface area (Å²) in [5.41, 5.74) is 0. The summed E-state index contributed by atoms with van der Waals surface area (Å²) < 4.78 is 10.1. The zero-order chi connectivity index (χ0) is 12.1. The Morgan fingerprint density at radius 3 is 2.69 bits per heavy atom. The van der Waals surface area contributed by atoms with Crippen LogP contribution in [0.3, 0.4) is 0 Å². The quantitative estimate of drug-likeness (QED) is 0.326. The summed E-state index contributed by atoms with van der Waals surface area (Å²) in [6.07, 6.45) is 5.84. The second kappa shape index (κ2) is 13.2. The minimum atomic E-state index is -0.0998. The standard InChI is InChI=1S/C11H22O3S2/c1-3-13-8-9-14-11(12)7-5-4-6-10-16-15-2/h3-10H2,1-2H3. The van der Waals surface area contributed by atoms with Crippen molar-refractivity contribution in [2.75, 3.05) is 31.8 Å². The molecule has 0 saturated carbocycles. The molecule has 0 unspecified atom stereocenters. The van der Waals surface area contributed by atoms with Crippen LogP contribution in [0.2, 0.25) is 0 Å². The van der Waals surface area contributed by atoms with E-state index in [0.717, 1.165) is 12.8 Å². The second-order valence-electron chi connectivity index (χ2n) is 3.22. The molecule has 0 aromatic rings. The number of hydrogen-bond acceptors (Lipinski definition) is 5. The number of unbranched alkanes of at least 4 members (excludes halogenated alkanes) is 2. The highest BCUT2D eigenvalue weighted by molar-refractivity contribution is 8.76. The molecule has 0 atom stereocenters. The van der Waals surface area contributed by atoms with Gasteiger partial charge in [-0.05, 0) is 26.0 Å². The maximum absolute atomic E-state index is 11.2. The van der Waals surface area contributed by atoms with Gasteiger partial charge >= 0.3 is 5.97 Å². The molecule has 16 heavy (non-hydrogen) atoms. The van der Waals surface area contributed by atoms with Crippen molar-refractivity contribution in [3.05, 3.63) is 0 Å². The molecular weight excluding hydrogens is 244 g/mol. The van der Waals surface area contributed by atoms with Gasteiger partial charge in [-0.2, -0.15) is 0 Å². The maximum atomic E-state index is 11.2. The van der Waals surface area contributed by atoms with Crippen molar-refractivity contribution in [1.82, 2.24) is 0 Å². The molecule has 5 heteroatoms. The summed E-state index contributed by atoms with van der Waals surface area (Å²) in [7, 11) is 3.66. The molecule has 0 bridgehead atoms. The van der Waals surface area contributed by atoms with Crippen LogP contribution in [0, 0.1) is 0 Å². The summed E-state index contributed by atoms with van der Waals surface area (Å²) in [6.45, 7) is 3.49. The van der Waals surface area contributed by atoms with Crippen molar-refractivity contribution in [3.63, 3.8) is 0 Å². The molecule has 0 radical (unpaired) electrons. The third kappa shape index (κ3) is 12.2. The summed E-state index contributed by atoms with van der Waals surface area (Å²) in [6, 6.07) is 0. The van der Waals surface area contributed by atoms with Crippen LogP contribution >= 0.6 is 21.6 Å². The van der Waals surface area contributed by atoms with Crippen LogP contribution in [0.15, 0.2) is 0 Å². The number of hydrogen-bond donors (Lipinski definition) is 0. The number of esters is 1. The highest BCUT2D eigenvalue weighted by atomic mass is 33.1. The van der Waals surface area contributed by atoms with Gasteiger partial charge in [-0.25, -0.2) is 0 Å². The number of carbonyl (C=O) groups excluding carboxylic acids is 1. The van der Waals surface area contributed by atoms with Gasteiger partial charge in [-0.3, -0.25) is 4.79 Å². The van der Waals surface area contributed by atoms with Crippen LogP contribution < -0.4 is 0 Å². The molecule has 0 fully saturated rings. The van der Waals surface area contributed by atoms with Crippen LogP contribution in [0.1, 0.15) is 32.6 Å². The Morgan fingerprint density at radius 1 is 1.19 bits per heavy atom. The maximum Gasteiger partial charge on any atom is 0.305 e. The fourth-order valence-corrected chi connectivity index (χ4v) is 2.46. The average molecular weight is 266 g/mol. The van der Waals surface area contributed by atoms with Gasteiger partial charge in [0.25, 0.3) is 0 Å². The SMILES string of the molecule is CCOCCOC(=O)CCCCCSSC. The van der Waals surface area contributed by atoms with Crippen LogP contribution in [-0.2, 0) is 14.3 Å². The number of carbonyl (C=O) groups is 1. The Balaban J connectivity index is 3.11. The van der Waals surface area contributed by atoms with Gasteiger partial charge in [0.05, 0.1) is 6.61 Å². The molecule has 0 amide bonds. The van der Waals surface area contributed by atoms with Crippen molar-refractivity contribution in [3.8, 4) is 0 Å². The average Bonchev–Trinajstić information content (AvgIpc) is 2.29. The van der Waals surface area contributed by atoms with Crippen molar-refractivity contribution < 1.29 is 14.3 Å². The topological polar surface area (TPSA) is 35.5 Å². The number of rotatable bonds is 11. The van der Waals surface area contributed by atoms with Crippen LogP contribution in [0.25, 0.3) is 0 Å². The summed E-state index contributed by atoms with van der Waals surface area (Å²) in [5, 5.41) is 0. The largest absolute Gasteiger partial charge is 0.463 e. The zero-order valence-electron chi connectivity index (χ0n) is 10.2. The molecule has 0 aliphatic heterocycles. The lowest BCUT2D eigenvalue weighted by molar-refractivity contribution is -0.145. The first-order valence-electron chi connectivity index (χ1n) is 5.70. The highest BCUT2D eigenvalue weighted by Crippen LogP contribution is 2.18. The molecule has 96 valence electrons. The van der Waals surface area contributed by atoms with Gasteiger partial charge in [0.15, 0.2) is 0 Å². The summed E-state index contributed by atoms with van der Waals surface area (Å²) in [4.78, 5) is 11.2. The first kappa shape index (κ1) is 16.1. The lowest BCUT2D eigenvalue weighted by Gasteiger charge is -2.04. The summed E-state index contributed by atoms with van der Waals surface area (Å²) >= 11 is 0. The first-order chi connectivity index (χ1) is 7.81. The molecule has 0 aromatic heterocycles. The third-order valence-electron chi connectivity index (χ3n) is 1.92. The van der Waals surface area contributed by atoms with Crippen molar-refractivity contribution in [2.45, 2.75) is 32.6 Å². The van der Waals surface area contributed by atoms with E-state index in [2.05, 4.69) is 6.26 Å². The van der Waals surface area contributed by atoms with E-state index < -0.39 is 0 Å². The van der Waals surface area contributed by atoms with E-state index in [1.165, 1.54) is 12.2 Å². The Morgan fingerprint density at radius 2 is 2.00 bits per heavy atom. The normalized spacial score (nSPS) is 10.4. The van der Waals surface area contributed by atoms with Crippen LogP contribution in [-0.4, -0.2) is 37.8 Å². The van der Waals surface area contributed by atoms with E-state index in [0.29, 0.717) is 26.2 Å². The van der Waals surface area contributed by atoms with E-state index >= 15 is 0 Å². The lowest BCUT2D eigenvalue weighted by Crippen LogP contribution is -2.10. The fourth-order valence-electron chi connectivity index (χ4n) is 1.12. The first-order valence-corrected chi connectivity index (χ1v) is 8.43. The Bertz CT molecular complexity index is 165. The Kier molecular flexibility index (Phi) is 13.3. The molecular formula is C11H22O3S2. The molecule has 0 spiro atoms. The van der Waals surface area contributed by atoms with E-state index in [9.17, 15) is 4.79 Å². The van der Waals surface area contributed by atoms with Gasteiger partial charge in [0, 0.05) is 18.8 Å². The Hall–Kier alpha value is 0.130. The van der Waals surface area contributed by atoms with E-state index in [1.54, 1.807) is 10.8 Å². The molecule has 0 aromatic carbocycles. The molecule has 0 rings (SSSR count). The molecule has 0 N–H and O–H groups in total. The van der Waals surface area contributed by atoms with E-state index in [1.807, 2.05) is 17.7 Å². The van der Waals surface area contributed by atoms with Crippen molar-refractivity contribution in [2.24, 2.45) is 0 Å². The van der Waals surface area contributed by atoms with Gasteiger partial charge in [-0.1, -0.05) is 28.0 Å². The summed E-state index contributed by atoms with van der Waals surface area (Å²) in [5.74, 6) is 1.07. The molecule has 0 aliphatic carbocycles. The lowest BCUT2D eigenvalue weighted by atomic mass is 10.2. The van der Waals surface area contributed by atoms with Gasteiger partial charge in [0.1, 0.15) is 6.61 Å². The van der Waals surface area contributed by atoms with Gasteiger partial charge < -0.3 is 9.47 Å². The van der Waals surface area contributed by atoms with Crippen molar-refractivity contribution in [1.29, 1.82) is 0 Å². The van der Waals surface area contributed by atoms with Crippen LogP contribution in [0.4, 0.5) is 0 Å². The van der Waals surface area contributed by atoms with Crippen molar-refractivity contribution >= 4 is 27.6 Å². The molecule has 0 aliphatic rings. The minimum absolute atomic E-state index is 0.0998. The monoisotopic (exact) mass is 266 g/mol. The fraction of sp³-hybridized carbons (Fsp3) is 0.909. The number of ether oxygens (including phenoxy) is 2. The van der Waals surface area contributed by atoms with Gasteiger partial charge in [-0.15, -0.1) is 0 Å². The smallest absolute Gasteiger partial charge is 0.305 e. The highest BCUT2D eigenvalue weighted by Gasteiger charge is 2.01. The molecule has 3 nitrogen and oxygen atoms in total.